The highest BCUT2D eigenvalue weighted by molar-refractivity contribution is 7.99. The molecule has 17 heavy (non-hydrogen) atoms. The molecule has 0 saturated carbocycles. The summed E-state index contributed by atoms with van der Waals surface area (Å²) in [4.78, 5) is 2.80. The first kappa shape index (κ1) is 13.7. The number of likely N-dealkylation sites (tertiary alicyclic amines) is 1. The average molecular weight is 255 g/mol. The number of rotatable bonds is 0. The maximum Gasteiger partial charge on any atom is 0.0181 e. The normalized spacial score (nSPS) is 36.0. The van der Waals surface area contributed by atoms with Crippen LogP contribution in [0.25, 0.3) is 0 Å². The van der Waals surface area contributed by atoms with Gasteiger partial charge in [0.2, 0.25) is 0 Å². The van der Waals surface area contributed by atoms with Crippen LogP contribution in [-0.4, -0.2) is 34.5 Å². The smallest absolute Gasteiger partial charge is 0.0181 e. The summed E-state index contributed by atoms with van der Waals surface area (Å²) >= 11 is 2.17. The number of hydrogen-bond donors (Lipinski definition) is 0. The molecular formula is C15H29NS. The second kappa shape index (κ2) is 4.45. The maximum absolute atomic E-state index is 2.80. The monoisotopic (exact) mass is 255 g/mol. The zero-order valence-corrected chi connectivity index (χ0v) is 13.2. The Morgan fingerprint density at radius 2 is 1.71 bits per heavy atom. The van der Waals surface area contributed by atoms with E-state index in [2.05, 4.69) is 58.2 Å². The van der Waals surface area contributed by atoms with E-state index in [1.165, 1.54) is 24.5 Å². The minimum atomic E-state index is 0.319. The van der Waals surface area contributed by atoms with Crippen LogP contribution < -0.4 is 0 Å². The van der Waals surface area contributed by atoms with Gasteiger partial charge < -0.3 is 0 Å². The molecule has 0 aromatic carbocycles. The van der Waals surface area contributed by atoms with Gasteiger partial charge in [-0.1, -0.05) is 20.8 Å². The summed E-state index contributed by atoms with van der Waals surface area (Å²) in [6, 6.07) is 0.772. The van der Waals surface area contributed by atoms with Crippen molar-refractivity contribution < 1.29 is 0 Å². The average Bonchev–Trinajstić information content (AvgIpc) is 2.54. The molecule has 0 radical (unpaired) electrons. The number of thioether (sulfide) groups is 1. The topological polar surface area (TPSA) is 3.24 Å². The van der Waals surface area contributed by atoms with E-state index in [0.29, 0.717) is 11.0 Å². The second-order valence-electron chi connectivity index (χ2n) is 7.92. The molecule has 100 valence electrons. The van der Waals surface area contributed by atoms with Gasteiger partial charge in [-0.05, 0) is 55.9 Å². The van der Waals surface area contributed by atoms with Gasteiger partial charge in [-0.3, -0.25) is 4.90 Å². The molecule has 0 N–H and O–H groups in total. The number of fused-ring (bicyclic) bond motifs is 1. The van der Waals surface area contributed by atoms with Crippen LogP contribution in [0.1, 0.15) is 48.0 Å². The van der Waals surface area contributed by atoms with Crippen molar-refractivity contribution in [3.05, 3.63) is 0 Å². The fraction of sp³-hybridized carbons (Fsp3) is 1.00. The first-order valence-corrected chi connectivity index (χ1v) is 8.21. The third-order valence-corrected chi connectivity index (χ3v) is 5.64. The van der Waals surface area contributed by atoms with Crippen LogP contribution in [0.3, 0.4) is 0 Å². The molecule has 1 nitrogen and oxygen atoms in total. The van der Waals surface area contributed by atoms with Crippen molar-refractivity contribution in [1.29, 1.82) is 0 Å². The van der Waals surface area contributed by atoms with Crippen molar-refractivity contribution in [2.24, 2.45) is 17.3 Å². The lowest BCUT2D eigenvalue weighted by Crippen LogP contribution is -2.51. The lowest BCUT2D eigenvalue weighted by atomic mass is 9.75. The molecule has 2 heterocycles. The molecule has 2 aliphatic heterocycles. The Balaban J connectivity index is 2.27. The van der Waals surface area contributed by atoms with Crippen LogP contribution in [0, 0.1) is 17.3 Å². The molecule has 3 atom stereocenters. The van der Waals surface area contributed by atoms with Gasteiger partial charge in [-0.2, -0.15) is 11.8 Å². The minimum absolute atomic E-state index is 0.319. The molecule has 3 unspecified atom stereocenters. The van der Waals surface area contributed by atoms with E-state index in [4.69, 9.17) is 0 Å². The maximum atomic E-state index is 2.80. The Bertz CT molecular complexity index is 274. The molecule has 2 saturated heterocycles. The Morgan fingerprint density at radius 3 is 2.24 bits per heavy atom. The Labute approximate surface area is 112 Å². The van der Waals surface area contributed by atoms with E-state index < -0.39 is 0 Å². The first-order valence-electron chi connectivity index (χ1n) is 7.06. The van der Waals surface area contributed by atoms with E-state index in [9.17, 15) is 0 Å². The fourth-order valence-electron chi connectivity index (χ4n) is 3.82. The molecule has 2 fully saturated rings. The molecule has 2 aliphatic rings. The Hall–Kier alpha value is 0.310. The van der Waals surface area contributed by atoms with Crippen molar-refractivity contribution in [3.8, 4) is 0 Å². The summed E-state index contributed by atoms with van der Waals surface area (Å²) < 4.78 is 0. The highest BCUT2D eigenvalue weighted by Gasteiger charge is 2.50. The summed E-state index contributed by atoms with van der Waals surface area (Å²) in [7, 11) is 0. The van der Waals surface area contributed by atoms with E-state index >= 15 is 0 Å². The second-order valence-corrected chi connectivity index (χ2v) is 9.07. The van der Waals surface area contributed by atoms with Crippen LogP contribution in [0.15, 0.2) is 0 Å². The van der Waals surface area contributed by atoms with Crippen molar-refractivity contribution in [2.45, 2.75) is 59.5 Å². The number of hydrogen-bond acceptors (Lipinski definition) is 2. The van der Waals surface area contributed by atoms with Crippen molar-refractivity contribution >= 4 is 11.8 Å². The van der Waals surface area contributed by atoms with Gasteiger partial charge in [-0.25, -0.2) is 0 Å². The quantitative estimate of drug-likeness (QED) is 0.646. The molecule has 0 aromatic rings. The third kappa shape index (κ3) is 2.68. The zero-order valence-electron chi connectivity index (χ0n) is 12.4. The van der Waals surface area contributed by atoms with Crippen LogP contribution in [0.2, 0.25) is 0 Å². The van der Waals surface area contributed by atoms with E-state index in [-0.39, 0.29) is 0 Å². The molecule has 0 bridgehead atoms. The SMILES string of the molecule is CC(C)(C)C1C2CCSCC2CN1C(C)(C)C. The Morgan fingerprint density at radius 1 is 1.06 bits per heavy atom. The fourth-order valence-corrected chi connectivity index (χ4v) is 5.08. The predicted molar refractivity (Wildman–Crippen MR) is 78.6 cm³/mol. The van der Waals surface area contributed by atoms with Crippen molar-refractivity contribution in [1.82, 2.24) is 4.90 Å². The highest BCUT2D eigenvalue weighted by Crippen LogP contribution is 2.47. The van der Waals surface area contributed by atoms with Crippen molar-refractivity contribution in [2.75, 3.05) is 18.1 Å². The largest absolute Gasteiger partial charge is 0.294 e. The van der Waals surface area contributed by atoms with E-state index in [0.717, 1.165) is 17.9 Å². The molecule has 0 aliphatic carbocycles. The summed E-state index contributed by atoms with van der Waals surface area (Å²) in [6.07, 6.45) is 1.43. The van der Waals surface area contributed by atoms with Gasteiger partial charge in [0.15, 0.2) is 0 Å². The van der Waals surface area contributed by atoms with Crippen molar-refractivity contribution in [3.63, 3.8) is 0 Å². The standard InChI is InChI=1S/C15H29NS/c1-14(2,3)13-12-7-8-17-10-11(12)9-16(13)15(4,5)6/h11-13H,7-10H2,1-6H3. The van der Waals surface area contributed by atoms with Gasteiger partial charge >= 0.3 is 0 Å². The molecule has 2 rings (SSSR count). The minimum Gasteiger partial charge on any atom is -0.294 e. The van der Waals surface area contributed by atoms with E-state index in [1.807, 2.05) is 0 Å². The molecular weight excluding hydrogens is 226 g/mol. The van der Waals surface area contributed by atoms with E-state index in [1.54, 1.807) is 0 Å². The number of nitrogens with zero attached hydrogens (tertiary/aromatic N) is 1. The lowest BCUT2D eigenvalue weighted by Gasteiger charge is -2.45. The van der Waals surface area contributed by atoms with Gasteiger partial charge in [0.1, 0.15) is 0 Å². The molecule has 0 aromatic heterocycles. The van der Waals surface area contributed by atoms with Gasteiger partial charge in [-0.15, -0.1) is 0 Å². The Kier molecular flexibility index (Phi) is 3.60. The highest BCUT2D eigenvalue weighted by atomic mass is 32.2. The molecule has 0 amide bonds. The summed E-state index contributed by atoms with van der Waals surface area (Å²) in [5, 5.41) is 0. The molecule has 2 heteroatoms. The zero-order chi connectivity index (χ0) is 12.8. The van der Waals surface area contributed by atoms with Crippen LogP contribution in [0.4, 0.5) is 0 Å². The van der Waals surface area contributed by atoms with Crippen LogP contribution in [-0.2, 0) is 0 Å². The van der Waals surface area contributed by atoms with Crippen LogP contribution in [0.5, 0.6) is 0 Å². The van der Waals surface area contributed by atoms with Crippen LogP contribution >= 0.6 is 11.8 Å². The third-order valence-electron chi connectivity index (χ3n) is 4.45. The predicted octanol–water partition coefficient (Wildman–Crippen LogP) is 3.88. The summed E-state index contributed by atoms with van der Waals surface area (Å²) in [6.45, 7) is 15.8. The van der Waals surface area contributed by atoms with Gasteiger partial charge in [0, 0.05) is 18.1 Å². The first-order chi connectivity index (χ1) is 7.71. The van der Waals surface area contributed by atoms with Gasteiger partial charge in [0.05, 0.1) is 0 Å². The lowest BCUT2D eigenvalue weighted by molar-refractivity contribution is 0.0385. The summed E-state index contributed by atoms with van der Waals surface area (Å²) in [5.74, 6) is 4.66. The van der Waals surface area contributed by atoms with Gasteiger partial charge in [0.25, 0.3) is 0 Å². The molecule has 0 spiro atoms. The summed E-state index contributed by atoms with van der Waals surface area (Å²) in [5.41, 5.74) is 0.731.